The summed E-state index contributed by atoms with van der Waals surface area (Å²) in [5.74, 6) is 1.04. The number of aromatic nitrogens is 3. The number of nitrogens with zero attached hydrogens (tertiary/aromatic N) is 3. The largest absolute Gasteiger partial charge is 0.489 e. The lowest BCUT2D eigenvalue weighted by Gasteiger charge is -2.09. The molecule has 0 saturated carbocycles. The molecule has 1 aromatic heterocycles. The van der Waals surface area contributed by atoms with Crippen molar-refractivity contribution >= 4 is 30.0 Å². The Morgan fingerprint density at radius 2 is 2.07 bits per heavy atom. The van der Waals surface area contributed by atoms with Gasteiger partial charge in [0.15, 0.2) is 5.82 Å². The van der Waals surface area contributed by atoms with Crippen LogP contribution >= 0.6 is 23.8 Å². The van der Waals surface area contributed by atoms with Crippen molar-refractivity contribution in [3.05, 3.63) is 75.0 Å². The van der Waals surface area contributed by atoms with Crippen LogP contribution in [0.5, 0.6) is 5.75 Å². The highest BCUT2D eigenvalue weighted by Crippen LogP contribution is 2.21. The molecule has 1 heterocycles. The van der Waals surface area contributed by atoms with Gasteiger partial charge in [0, 0.05) is 12.0 Å². The van der Waals surface area contributed by atoms with Crippen LogP contribution in [0.15, 0.2) is 47.6 Å². The Hall–Kier alpha value is -2.51. The fourth-order valence-corrected chi connectivity index (χ4v) is 2.96. The van der Waals surface area contributed by atoms with Crippen molar-refractivity contribution in [2.75, 3.05) is 0 Å². The van der Waals surface area contributed by atoms with Gasteiger partial charge in [-0.25, -0.2) is 4.39 Å². The molecule has 0 aliphatic carbocycles. The van der Waals surface area contributed by atoms with E-state index in [-0.39, 0.29) is 12.4 Å². The van der Waals surface area contributed by atoms with Gasteiger partial charge in [-0.2, -0.15) is 14.9 Å². The van der Waals surface area contributed by atoms with Crippen molar-refractivity contribution in [3.8, 4) is 5.75 Å². The molecule has 5 nitrogen and oxygen atoms in total. The Labute approximate surface area is 172 Å². The first kappa shape index (κ1) is 20.2. The molecule has 1 N–H and O–H groups in total. The van der Waals surface area contributed by atoms with Crippen LogP contribution in [0.4, 0.5) is 4.39 Å². The number of hydrogen-bond donors (Lipinski definition) is 1. The predicted molar refractivity (Wildman–Crippen MR) is 111 cm³/mol. The van der Waals surface area contributed by atoms with Gasteiger partial charge in [-0.05, 0) is 60.6 Å². The minimum Gasteiger partial charge on any atom is -0.489 e. The summed E-state index contributed by atoms with van der Waals surface area (Å²) in [6.45, 7) is 2.18. The number of aromatic amines is 1. The number of unbranched alkanes of at least 4 members (excludes halogenated alkanes) is 1. The molecule has 0 amide bonds. The zero-order valence-corrected chi connectivity index (χ0v) is 16.9. The first-order valence-corrected chi connectivity index (χ1v) is 9.73. The van der Waals surface area contributed by atoms with Crippen LogP contribution in [-0.4, -0.2) is 21.1 Å². The van der Waals surface area contributed by atoms with Crippen LogP contribution in [0, 0.1) is 10.6 Å². The molecule has 0 fully saturated rings. The molecule has 0 aliphatic heterocycles. The number of benzene rings is 2. The van der Waals surface area contributed by atoms with Crippen molar-refractivity contribution in [1.29, 1.82) is 0 Å². The molecule has 0 atom stereocenters. The fourth-order valence-electron chi connectivity index (χ4n) is 2.54. The predicted octanol–water partition coefficient (Wildman–Crippen LogP) is 5.54. The third-order valence-electron chi connectivity index (χ3n) is 4.12. The molecule has 0 spiro atoms. The van der Waals surface area contributed by atoms with Gasteiger partial charge in [0.25, 0.3) is 0 Å². The van der Waals surface area contributed by atoms with E-state index in [2.05, 4.69) is 22.2 Å². The van der Waals surface area contributed by atoms with Crippen LogP contribution < -0.4 is 4.74 Å². The highest BCUT2D eigenvalue weighted by atomic mass is 35.5. The summed E-state index contributed by atoms with van der Waals surface area (Å²) in [7, 11) is 0. The number of nitrogens with one attached hydrogen (secondary N) is 1. The van der Waals surface area contributed by atoms with Crippen LogP contribution in [0.2, 0.25) is 5.02 Å². The van der Waals surface area contributed by atoms with Gasteiger partial charge >= 0.3 is 0 Å². The lowest BCUT2D eigenvalue weighted by molar-refractivity contribution is 0.300. The Balaban J connectivity index is 1.66. The number of aryl methyl sites for hydroxylation is 1. The summed E-state index contributed by atoms with van der Waals surface area (Å²) in [5.41, 5.74) is 1.21. The summed E-state index contributed by atoms with van der Waals surface area (Å²) in [4.78, 5) is 0. The van der Waals surface area contributed by atoms with Crippen LogP contribution in [0.3, 0.4) is 0 Å². The Bertz CT molecular complexity index is 994. The maximum absolute atomic E-state index is 13.8. The first-order valence-electron chi connectivity index (χ1n) is 8.95. The van der Waals surface area contributed by atoms with Gasteiger partial charge in [0.1, 0.15) is 18.2 Å². The molecule has 0 radical (unpaired) electrons. The van der Waals surface area contributed by atoms with E-state index in [4.69, 9.17) is 28.6 Å². The molecule has 28 heavy (non-hydrogen) atoms. The van der Waals surface area contributed by atoms with Crippen LogP contribution in [0.25, 0.3) is 0 Å². The SMILES string of the molecule is CCCCc1n[nH]c(=S)n1/N=C/c1ccc(OCc2c(F)cccc2Cl)cc1. The fraction of sp³-hybridized carbons (Fsp3) is 0.250. The number of H-pyrrole nitrogens is 1. The summed E-state index contributed by atoms with van der Waals surface area (Å²) >= 11 is 11.2. The molecule has 3 aromatic rings. The second kappa shape index (κ2) is 9.61. The topological polar surface area (TPSA) is 55.2 Å². The van der Waals surface area contributed by atoms with E-state index in [1.165, 1.54) is 6.07 Å². The normalized spacial score (nSPS) is 11.2. The third kappa shape index (κ3) is 5.05. The molecule has 0 aliphatic rings. The number of halogens is 2. The monoisotopic (exact) mass is 418 g/mol. The zero-order chi connectivity index (χ0) is 19.9. The van der Waals surface area contributed by atoms with E-state index in [1.807, 2.05) is 12.1 Å². The minimum absolute atomic E-state index is 0.0594. The van der Waals surface area contributed by atoms with Gasteiger partial charge in [0.2, 0.25) is 4.77 Å². The van der Waals surface area contributed by atoms with Crippen molar-refractivity contribution in [1.82, 2.24) is 14.9 Å². The lowest BCUT2D eigenvalue weighted by Crippen LogP contribution is -2.00. The van der Waals surface area contributed by atoms with Gasteiger partial charge in [-0.1, -0.05) is 31.0 Å². The van der Waals surface area contributed by atoms with Crippen LogP contribution in [0.1, 0.15) is 36.7 Å². The summed E-state index contributed by atoms with van der Waals surface area (Å²) in [6.07, 6.45) is 4.61. The highest BCUT2D eigenvalue weighted by molar-refractivity contribution is 7.71. The number of rotatable bonds is 8. The van der Waals surface area contributed by atoms with E-state index in [0.717, 1.165) is 30.7 Å². The molecular formula is C20H20ClFN4OS. The first-order chi connectivity index (χ1) is 13.6. The van der Waals surface area contributed by atoms with Gasteiger partial charge in [0.05, 0.1) is 11.2 Å². The highest BCUT2D eigenvalue weighted by Gasteiger charge is 2.08. The zero-order valence-electron chi connectivity index (χ0n) is 15.4. The lowest BCUT2D eigenvalue weighted by atomic mass is 10.2. The molecule has 2 aromatic carbocycles. The average molecular weight is 419 g/mol. The number of ether oxygens (including phenoxy) is 1. The molecule has 0 unspecified atom stereocenters. The average Bonchev–Trinajstić information content (AvgIpc) is 3.05. The maximum Gasteiger partial charge on any atom is 0.216 e. The Morgan fingerprint density at radius 3 is 2.79 bits per heavy atom. The van der Waals surface area contributed by atoms with Crippen molar-refractivity contribution in [2.45, 2.75) is 32.8 Å². The van der Waals surface area contributed by atoms with Gasteiger partial charge < -0.3 is 4.74 Å². The standard InChI is InChI=1S/C20H20ClFN4OS/c1-2-3-7-19-24-25-20(28)26(19)23-12-14-8-10-15(11-9-14)27-13-16-17(21)5-4-6-18(16)22/h4-6,8-12H,2-3,7,13H2,1H3,(H,25,28)/b23-12+. The second-order valence-electron chi connectivity index (χ2n) is 6.16. The quantitative estimate of drug-likeness (QED) is 0.386. The van der Waals surface area contributed by atoms with E-state index in [9.17, 15) is 4.39 Å². The Kier molecular flexibility index (Phi) is 6.95. The van der Waals surface area contributed by atoms with E-state index < -0.39 is 0 Å². The molecule has 0 bridgehead atoms. The molecular weight excluding hydrogens is 399 g/mol. The molecule has 3 rings (SSSR count). The number of hydrogen-bond acceptors (Lipinski definition) is 4. The molecule has 8 heteroatoms. The van der Waals surface area contributed by atoms with Gasteiger partial charge in [-0.3, -0.25) is 5.10 Å². The second-order valence-corrected chi connectivity index (χ2v) is 6.96. The van der Waals surface area contributed by atoms with E-state index in [1.54, 1.807) is 35.2 Å². The van der Waals surface area contributed by atoms with E-state index in [0.29, 0.717) is 21.1 Å². The van der Waals surface area contributed by atoms with Crippen LogP contribution in [-0.2, 0) is 13.0 Å². The van der Waals surface area contributed by atoms with Crippen molar-refractivity contribution in [3.63, 3.8) is 0 Å². The van der Waals surface area contributed by atoms with Crippen molar-refractivity contribution in [2.24, 2.45) is 5.10 Å². The molecule has 0 saturated heterocycles. The van der Waals surface area contributed by atoms with Crippen molar-refractivity contribution < 1.29 is 9.13 Å². The third-order valence-corrected chi connectivity index (χ3v) is 4.74. The molecule has 146 valence electrons. The Morgan fingerprint density at radius 1 is 1.29 bits per heavy atom. The summed E-state index contributed by atoms with van der Waals surface area (Å²) in [5, 5.41) is 11.8. The van der Waals surface area contributed by atoms with Gasteiger partial charge in [-0.15, -0.1) is 0 Å². The summed E-state index contributed by atoms with van der Waals surface area (Å²) < 4.78 is 21.5. The summed E-state index contributed by atoms with van der Waals surface area (Å²) in [6, 6.07) is 11.9. The van der Waals surface area contributed by atoms with E-state index >= 15 is 0 Å². The minimum atomic E-state index is -0.382. The smallest absolute Gasteiger partial charge is 0.216 e. The maximum atomic E-state index is 13.8.